The van der Waals surface area contributed by atoms with Gasteiger partial charge >= 0.3 is 0 Å². The van der Waals surface area contributed by atoms with E-state index in [0.717, 1.165) is 34.5 Å². The molecule has 0 saturated carbocycles. The van der Waals surface area contributed by atoms with Crippen LogP contribution in [0.2, 0.25) is 0 Å². The molecule has 2 aromatic heterocycles. The van der Waals surface area contributed by atoms with Crippen molar-refractivity contribution in [3.8, 4) is 5.82 Å². The molecule has 3 aromatic rings. The molecule has 0 saturated heterocycles. The monoisotopic (exact) mass is 365 g/mol. The van der Waals surface area contributed by atoms with Gasteiger partial charge in [0, 0.05) is 16.5 Å². The molecule has 0 bridgehead atoms. The molecule has 26 heavy (non-hydrogen) atoms. The minimum absolute atomic E-state index is 0.00175. The van der Waals surface area contributed by atoms with Gasteiger partial charge in [0.15, 0.2) is 5.82 Å². The molecule has 5 heteroatoms. The van der Waals surface area contributed by atoms with Crippen LogP contribution in [0.4, 0.5) is 0 Å². The van der Waals surface area contributed by atoms with Gasteiger partial charge in [-0.3, -0.25) is 4.79 Å². The first-order valence-electron chi connectivity index (χ1n) is 9.08. The zero-order chi connectivity index (χ0) is 18.3. The summed E-state index contributed by atoms with van der Waals surface area (Å²) < 4.78 is 3.69. The van der Waals surface area contributed by atoms with Crippen LogP contribution >= 0.6 is 11.8 Å². The van der Waals surface area contributed by atoms with Crippen molar-refractivity contribution in [3.05, 3.63) is 64.6 Å². The number of pyridine rings is 1. The lowest BCUT2D eigenvalue weighted by Gasteiger charge is -2.14. The molecule has 0 fully saturated rings. The van der Waals surface area contributed by atoms with Gasteiger partial charge in [0.25, 0.3) is 5.56 Å². The summed E-state index contributed by atoms with van der Waals surface area (Å²) in [6.07, 6.45) is 7.18. The van der Waals surface area contributed by atoms with Crippen LogP contribution in [-0.2, 0) is 13.0 Å². The molecule has 0 aliphatic heterocycles. The summed E-state index contributed by atoms with van der Waals surface area (Å²) >= 11 is 1.67. The lowest BCUT2D eigenvalue weighted by atomic mass is 10.0. The highest BCUT2D eigenvalue weighted by molar-refractivity contribution is 7.98. The topological polar surface area (TPSA) is 39.8 Å². The van der Waals surface area contributed by atoms with Crippen molar-refractivity contribution in [1.82, 2.24) is 14.3 Å². The molecular weight excluding hydrogens is 342 g/mol. The molecule has 1 aromatic carbocycles. The number of thioether (sulfide) groups is 1. The summed E-state index contributed by atoms with van der Waals surface area (Å²) in [5, 5.41) is 0.721. The third-order valence-electron chi connectivity index (χ3n) is 5.30. The maximum absolute atomic E-state index is 12.9. The summed E-state index contributed by atoms with van der Waals surface area (Å²) in [7, 11) is 0. The third kappa shape index (κ3) is 2.62. The standard InChI is InChI=1S/C21H23N3OS/c1-4-12-23-21(25)17-10-9-16(26-3)13-18(17)24(23)19-11-8-15-7-6-14(5-2)20(15)22-19/h4,8-11,13-14H,1,5-7,12H2,2-3H3. The van der Waals surface area contributed by atoms with Crippen molar-refractivity contribution in [1.29, 1.82) is 0 Å². The Morgan fingerprint density at radius 3 is 2.92 bits per heavy atom. The van der Waals surface area contributed by atoms with Gasteiger partial charge in [0.1, 0.15) is 0 Å². The molecular formula is C21H23N3OS. The van der Waals surface area contributed by atoms with Crippen LogP contribution in [0.1, 0.15) is 36.9 Å². The molecule has 1 atom stereocenters. The second kappa shape index (κ2) is 6.80. The molecule has 0 radical (unpaired) electrons. The smallest absolute Gasteiger partial charge is 0.267 e. The average Bonchev–Trinajstić information content (AvgIpc) is 3.20. The van der Waals surface area contributed by atoms with Crippen molar-refractivity contribution in [3.63, 3.8) is 0 Å². The van der Waals surface area contributed by atoms with Gasteiger partial charge in [-0.2, -0.15) is 0 Å². The molecule has 1 unspecified atom stereocenters. The van der Waals surface area contributed by atoms with Gasteiger partial charge in [0.05, 0.1) is 17.4 Å². The minimum Gasteiger partial charge on any atom is -0.267 e. The Morgan fingerprint density at radius 2 is 2.19 bits per heavy atom. The molecule has 2 heterocycles. The van der Waals surface area contributed by atoms with E-state index in [1.807, 2.05) is 29.1 Å². The second-order valence-electron chi connectivity index (χ2n) is 6.73. The highest BCUT2D eigenvalue weighted by Crippen LogP contribution is 2.34. The number of allylic oxidation sites excluding steroid dienone is 1. The molecule has 0 N–H and O–H groups in total. The fraction of sp³-hybridized carbons (Fsp3) is 0.333. The number of hydrogen-bond donors (Lipinski definition) is 0. The highest BCUT2D eigenvalue weighted by atomic mass is 32.2. The Balaban J connectivity index is 2.00. The zero-order valence-electron chi connectivity index (χ0n) is 15.2. The number of benzene rings is 1. The van der Waals surface area contributed by atoms with Crippen LogP contribution < -0.4 is 5.56 Å². The fourth-order valence-electron chi connectivity index (χ4n) is 3.93. The van der Waals surface area contributed by atoms with Crippen LogP contribution in [-0.4, -0.2) is 20.6 Å². The zero-order valence-corrected chi connectivity index (χ0v) is 16.1. The van der Waals surface area contributed by atoms with E-state index in [0.29, 0.717) is 12.5 Å². The van der Waals surface area contributed by atoms with E-state index in [1.165, 1.54) is 17.7 Å². The summed E-state index contributed by atoms with van der Waals surface area (Å²) in [6, 6.07) is 10.2. The van der Waals surface area contributed by atoms with Crippen molar-refractivity contribution < 1.29 is 0 Å². The van der Waals surface area contributed by atoms with Crippen LogP contribution in [0, 0.1) is 0 Å². The molecule has 0 spiro atoms. The van der Waals surface area contributed by atoms with E-state index in [2.05, 4.69) is 25.6 Å². The largest absolute Gasteiger partial charge is 0.275 e. The first-order valence-corrected chi connectivity index (χ1v) is 10.3. The van der Waals surface area contributed by atoms with E-state index < -0.39 is 0 Å². The van der Waals surface area contributed by atoms with Crippen LogP contribution in [0.25, 0.3) is 16.7 Å². The Hall–Kier alpha value is -2.27. The van der Waals surface area contributed by atoms with Crippen molar-refractivity contribution in [2.24, 2.45) is 0 Å². The number of fused-ring (bicyclic) bond motifs is 2. The predicted octanol–water partition coefficient (Wildman–Crippen LogP) is 4.53. The van der Waals surface area contributed by atoms with Crippen molar-refractivity contribution >= 4 is 22.7 Å². The summed E-state index contributed by atoms with van der Waals surface area (Å²) in [4.78, 5) is 19.1. The SMILES string of the molecule is C=CCn1c(=O)c2ccc(SC)cc2n1-c1ccc2c(n1)C(CC)CC2. The molecule has 1 aliphatic carbocycles. The first kappa shape index (κ1) is 17.2. The third-order valence-corrected chi connectivity index (χ3v) is 6.02. The van der Waals surface area contributed by atoms with Gasteiger partial charge in [-0.05, 0) is 55.3 Å². The molecule has 134 valence electrons. The van der Waals surface area contributed by atoms with E-state index >= 15 is 0 Å². The summed E-state index contributed by atoms with van der Waals surface area (Å²) in [6.45, 7) is 6.50. The van der Waals surface area contributed by atoms with Gasteiger partial charge in [0.2, 0.25) is 0 Å². The average molecular weight is 366 g/mol. The summed E-state index contributed by atoms with van der Waals surface area (Å²) in [5.74, 6) is 1.34. The normalized spacial score (nSPS) is 16.2. The van der Waals surface area contributed by atoms with Crippen molar-refractivity contribution in [2.75, 3.05) is 6.26 Å². The second-order valence-corrected chi connectivity index (χ2v) is 7.61. The van der Waals surface area contributed by atoms with Gasteiger partial charge in [-0.15, -0.1) is 18.3 Å². The Kier molecular flexibility index (Phi) is 4.49. The minimum atomic E-state index is 0.00175. The van der Waals surface area contributed by atoms with Gasteiger partial charge < -0.3 is 0 Å². The number of rotatable bonds is 5. The number of aryl methyl sites for hydroxylation is 1. The fourth-order valence-corrected chi connectivity index (χ4v) is 4.36. The van der Waals surface area contributed by atoms with E-state index in [-0.39, 0.29) is 5.56 Å². The molecule has 4 rings (SSSR count). The Bertz CT molecular complexity index is 1050. The number of aromatic nitrogens is 3. The Morgan fingerprint density at radius 1 is 1.35 bits per heavy atom. The number of nitrogens with zero attached hydrogens (tertiary/aromatic N) is 3. The maximum atomic E-state index is 12.9. The van der Waals surface area contributed by atoms with E-state index in [9.17, 15) is 4.79 Å². The molecule has 4 nitrogen and oxygen atoms in total. The quantitative estimate of drug-likeness (QED) is 0.492. The van der Waals surface area contributed by atoms with Gasteiger partial charge in [-0.25, -0.2) is 14.3 Å². The predicted molar refractivity (Wildman–Crippen MR) is 109 cm³/mol. The summed E-state index contributed by atoms with van der Waals surface area (Å²) in [5.41, 5.74) is 3.45. The van der Waals surface area contributed by atoms with Crippen LogP contribution in [0.15, 0.2) is 52.7 Å². The van der Waals surface area contributed by atoms with Gasteiger partial charge in [-0.1, -0.05) is 19.1 Å². The molecule has 1 aliphatic rings. The van der Waals surface area contributed by atoms with Crippen LogP contribution in [0.5, 0.6) is 0 Å². The number of hydrogen-bond acceptors (Lipinski definition) is 3. The lowest BCUT2D eigenvalue weighted by molar-refractivity contribution is 0.592. The first-order chi connectivity index (χ1) is 12.7. The maximum Gasteiger partial charge on any atom is 0.275 e. The van der Waals surface area contributed by atoms with Crippen LogP contribution in [0.3, 0.4) is 0 Å². The highest BCUT2D eigenvalue weighted by Gasteiger charge is 2.24. The van der Waals surface area contributed by atoms with E-state index in [4.69, 9.17) is 4.98 Å². The van der Waals surface area contributed by atoms with E-state index in [1.54, 1.807) is 22.5 Å². The Labute approximate surface area is 157 Å². The van der Waals surface area contributed by atoms with Crippen molar-refractivity contribution in [2.45, 2.75) is 43.5 Å². The lowest BCUT2D eigenvalue weighted by Crippen LogP contribution is -2.22. The molecule has 0 amide bonds.